The SMILES string of the molecule is CCNCC(OCc1ccccc1Cl)c1cccc(F)c1. The molecule has 1 unspecified atom stereocenters. The molecule has 1 atom stereocenters. The second kappa shape index (κ2) is 8.13. The summed E-state index contributed by atoms with van der Waals surface area (Å²) in [5, 5.41) is 3.92. The van der Waals surface area contributed by atoms with Gasteiger partial charge in [-0.2, -0.15) is 0 Å². The summed E-state index contributed by atoms with van der Waals surface area (Å²) in [6, 6.07) is 14.1. The molecule has 2 rings (SSSR count). The summed E-state index contributed by atoms with van der Waals surface area (Å²) in [5.74, 6) is -0.254. The van der Waals surface area contributed by atoms with Crippen molar-refractivity contribution >= 4 is 11.6 Å². The smallest absolute Gasteiger partial charge is 0.123 e. The van der Waals surface area contributed by atoms with Crippen LogP contribution >= 0.6 is 11.6 Å². The maximum absolute atomic E-state index is 13.4. The van der Waals surface area contributed by atoms with E-state index in [9.17, 15) is 4.39 Å². The molecule has 0 fully saturated rings. The Morgan fingerprint density at radius 2 is 2.00 bits per heavy atom. The third-order valence-corrected chi connectivity index (χ3v) is 3.57. The van der Waals surface area contributed by atoms with Gasteiger partial charge in [-0.1, -0.05) is 48.9 Å². The number of ether oxygens (including phenoxy) is 1. The molecule has 0 saturated heterocycles. The number of halogens is 2. The fourth-order valence-electron chi connectivity index (χ4n) is 2.06. The number of rotatable bonds is 7. The number of hydrogen-bond acceptors (Lipinski definition) is 2. The Hall–Kier alpha value is -1.42. The minimum absolute atomic E-state index is 0.211. The normalized spacial score (nSPS) is 12.3. The van der Waals surface area contributed by atoms with E-state index in [1.807, 2.05) is 37.3 Å². The molecular weight excluding hydrogens is 289 g/mol. The molecule has 0 aliphatic carbocycles. The summed E-state index contributed by atoms with van der Waals surface area (Å²) in [6.07, 6.45) is -0.211. The Bertz CT molecular complexity index is 576. The fraction of sp³-hybridized carbons (Fsp3) is 0.294. The standard InChI is InChI=1S/C17H19ClFNO/c1-2-20-11-17(13-7-5-8-15(19)10-13)21-12-14-6-3-4-9-16(14)18/h3-10,17,20H,2,11-12H2,1H3. The monoisotopic (exact) mass is 307 g/mol. The molecule has 112 valence electrons. The average molecular weight is 308 g/mol. The van der Waals surface area contributed by atoms with Gasteiger partial charge >= 0.3 is 0 Å². The van der Waals surface area contributed by atoms with E-state index in [0.29, 0.717) is 18.2 Å². The molecule has 0 bridgehead atoms. The van der Waals surface area contributed by atoms with Gasteiger partial charge < -0.3 is 10.1 Å². The van der Waals surface area contributed by atoms with Crippen LogP contribution in [0, 0.1) is 5.82 Å². The van der Waals surface area contributed by atoms with Crippen molar-refractivity contribution in [3.8, 4) is 0 Å². The number of hydrogen-bond donors (Lipinski definition) is 1. The van der Waals surface area contributed by atoms with Crippen LogP contribution in [0.25, 0.3) is 0 Å². The van der Waals surface area contributed by atoms with Crippen LogP contribution < -0.4 is 5.32 Å². The minimum Gasteiger partial charge on any atom is -0.367 e. The van der Waals surface area contributed by atoms with Crippen LogP contribution in [0.3, 0.4) is 0 Å². The number of benzene rings is 2. The van der Waals surface area contributed by atoms with Crippen LogP contribution in [-0.4, -0.2) is 13.1 Å². The molecule has 0 amide bonds. The van der Waals surface area contributed by atoms with Gasteiger partial charge in [0.25, 0.3) is 0 Å². The van der Waals surface area contributed by atoms with Gasteiger partial charge in [0.15, 0.2) is 0 Å². The van der Waals surface area contributed by atoms with E-state index in [-0.39, 0.29) is 11.9 Å². The lowest BCUT2D eigenvalue weighted by molar-refractivity contribution is 0.0400. The molecule has 0 aliphatic heterocycles. The summed E-state index contributed by atoms with van der Waals surface area (Å²) in [6.45, 7) is 3.88. The highest BCUT2D eigenvalue weighted by molar-refractivity contribution is 6.31. The van der Waals surface area contributed by atoms with Crippen molar-refractivity contribution in [3.63, 3.8) is 0 Å². The van der Waals surface area contributed by atoms with Gasteiger partial charge in [0.05, 0.1) is 12.7 Å². The molecule has 0 heterocycles. The Kier molecular flexibility index (Phi) is 6.18. The average Bonchev–Trinajstić information content (AvgIpc) is 2.49. The molecule has 2 aromatic carbocycles. The zero-order valence-electron chi connectivity index (χ0n) is 12.0. The fourth-order valence-corrected chi connectivity index (χ4v) is 2.25. The summed E-state index contributed by atoms with van der Waals surface area (Å²) < 4.78 is 19.3. The van der Waals surface area contributed by atoms with Crippen LogP contribution in [-0.2, 0) is 11.3 Å². The van der Waals surface area contributed by atoms with Crippen molar-refractivity contribution in [2.75, 3.05) is 13.1 Å². The van der Waals surface area contributed by atoms with Crippen molar-refractivity contribution in [2.24, 2.45) is 0 Å². The van der Waals surface area contributed by atoms with Gasteiger partial charge in [0.2, 0.25) is 0 Å². The minimum atomic E-state index is -0.254. The van der Waals surface area contributed by atoms with Crippen LogP contribution in [0.5, 0.6) is 0 Å². The van der Waals surface area contributed by atoms with Crippen molar-refractivity contribution in [2.45, 2.75) is 19.6 Å². The Morgan fingerprint density at radius 3 is 2.71 bits per heavy atom. The lowest BCUT2D eigenvalue weighted by Gasteiger charge is -2.19. The molecule has 0 radical (unpaired) electrons. The van der Waals surface area contributed by atoms with E-state index in [2.05, 4.69) is 5.32 Å². The van der Waals surface area contributed by atoms with E-state index in [1.54, 1.807) is 6.07 Å². The van der Waals surface area contributed by atoms with E-state index in [1.165, 1.54) is 12.1 Å². The zero-order chi connectivity index (χ0) is 15.1. The van der Waals surface area contributed by atoms with Crippen LogP contribution in [0.1, 0.15) is 24.2 Å². The van der Waals surface area contributed by atoms with Crippen LogP contribution in [0.15, 0.2) is 48.5 Å². The molecule has 0 aromatic heterocycles. The maximum atomic E-state index is 13.4. The van der Waals surface area contributed by atoms with Gasteiger partial charge in [-0.3, -0.25) is 0 Å². The van der Waals surface area contributed by atoms with E-state index in [4.69, 9.17) is 16.3 Å². The highest BCUT2D eigenvalue weighted by Gasteiger charge is 2.13. The summed E-state index contributed by atoms with van der Waals surface area (Å²) in [4.78, 5) is 0. The predicted octanol–water partition coefficient (Wildman–Crippen LogP) is 4.35. The zero-order valence-corrected chi connectivity index (χ0v) is 12.7. The van der Waals surface area contributed by atoms with E-state index < -0.39 is 0 Å². The molecule has 2 nitrogen and oxygen atoms in total. The van der Waals surface area contributed by atoms with E-state index >= 15 is 0 Å². The Morgan fingerprint density at radius 1 is 1.19 bits per heavy atom. The lowest BCUT2D eigenvalue weighted by atomic mass is 10.1. The second-order valence-corrected chi connectivity index (χ2v) is 5.16. The van der Waals surface area contributed by atoms with Gasteiger partial charge in [-0.25, -0.2) is 4.39 Å². The Balaban J connectivity index is 2.08. The van der Waals surface area contributed by atoms with Crippen molar-refractivity contribution in [1.82, 2.24) is 5.32 Å². The first-order valence-electron chi connectivity index (χ1n) is 7.02. The second-order valence-electron chi connectivity index (χ2n) is 4.75. The lowest BCUT2D eigenvalue weighted by Crippen LogP contribution is -2.23. The van der Waals surface area contributed by atoms with Gasteiger partial charge in [-0.15, -0.1) is 0 Å². The highest BCUT2D eigenvalue weighted by Crippen LogP contribution is 2.22. The largest absolute Gasteiger partial charge is 0.367 e. The predicted molar refractivity (Wildman–Crippen MR) is 83.9 cm³/mol. The van der Waals surface area contributed by atoms with Crippen LogP contribution in [0.2, 0.25) is 5.02 Å². The molecule has 4 heteroatoms. The molecule has 0 spiro atoms. The maximum Gasteiger partial charge on any atom is 0.123 e. The quantitative estimate of drug-likeness (QED) is 0.821. The van der Waals surface area contributed by atoms with Gasteiger partial charge in [0, 0.05) is 11.6 Å². The molecule has 0 saturated carbocycles. The third-order valence-electron chi connectivity index (χ3n) is 3.20. The first-order chi connectivity index (χ1) is 10.2. The first-order valence-corrected chi connectivity index (χ1v) is 7.39. The number of likely N-dealkylation sites (N-methyl/N-ethyl adjacent to an activating group) is 1. The van der Waals surface area contributed by atoms with Crippen molar-refractivity contribution in [1.29, 1.82) is 0 Å². The Labute approximate surface area is 129 Å². The molecule has 0 aliphatic rings. The molecular formula is C17H19ClFNO. The third kappa shape index (κ3) is 4.81. The van der Waals surface area contributed by atoms with Crippen molar-refractivity contribution in [3.05, 3.63) is 70.5 Å². The number of nitrogens with one attached hydrogen (secondary N) is 1. The summed E-state index contributed by atoms with van der Waals surface area (Å²) in [5.41, 5.74) is 1.75. The van der Waals surface area contributed by atoms with E-state index in [0.717, 1.165) is 17.7 Å². The molecule has 1 N–H and O–H groups in total. The van der Waals surface area contributed by atoms with Crippen molar-refractivity contribution < 1.29 is 9.13 Å². The highest BCUT2D eigenvalue weighted by atomic mass is 35.5. The molecule has 21 heavy (non-hydrogen) atoms. The summed E-state index contributed by atoms with van der Waals surface area (Å²) in [7, 11) is 0. The van der Waals surface area contributed by atoms with Crippen LogP contribution in [0.4, 0.5) is 4.39 Å². The molecule has 2 aromatic rings. The summed E-state index contributed by atoms with van der Waals surface area (Å²) >= 11 is 6.13. The first kappa shape index (κ1) is 16.0. The van der Waals surface area contributed by atoms with Gasteiger partial charge in [-0.05, 0) is 35.9 Å². The van der Waals surface area contributed by atoms with Gasteiger partial charge in [0.1, 0.15) is 5.82 Å². The topological polar surface area (TPSA) is 21.3 Å².